The number of rotatable bonds is 2. The predicted octanol–water partition coefficient (Wildman–Crippen LogP) is 1.63. The van der Waals surface area contributed by atoms with Crippen LogP contribution in [0.25, 0.3) is 11.4 Å². The fourth-order valence-electron chi connectivity index (χ4n) is 1.21. The van der Waals surface area contributed by atoms with Crippen molar-refractivity contribution in [1.82, 2.24) is 15.2 Å². The summed E-state index contributed by atoms with van der Waals surface area (Å²) in [6, 6.07) is 5.81. The van der Waals surface area contributed by atoms with E-state index < -0.39 is 0 Å². The molecule has 0 aliphatic heterocycles. The number of halogens is 1. The van der Waals surface area contributed by atoms with Gasteiger partial charge in [-0.25, -0.2) is 9.37 Å². The Morgan fingerprint density at radius 2 is 2.00 bits per heavy atom. The Balaban J connectivity index is 2.33. The summed E-state index contributed by atoms with van der Waals surface area (Å²) in [5, 5.41) is 6.74. The van der Waals surface area contributed by atoms with Crippen LogP contribution in [0.4, 0.5) is 4.39 Å². The second-order valence-electron chi connectivity index (χ2n) is 3.34. The van der Waals surface area contributed by atoms with E-state index in [-0.39, 0.29) is 11.9 Å². The van der Waals surface area contributed by atoms with E-state index in [1.165, 1.54) is 12.1 Å². The van der Waals surface area contributed by atoms with Crippen molar-refractivity contribution in [2.24, 2.45) is 5.73 Å². The number of benzene rings is 1. The zero-order valence-corrected chi connectivity index (χ0v) is 8.24. The van der Waals surface area contributed by atoms with Gasteiger partial charge in [-0.15, -0.1) is 0 Å². The summed E-state index contributed by atoms with van der Waals surface area (Å²) < 4.78 is 12.7. The zero-order chi connectivity index (χ0) is 10.8. The molecule has 5 heteroatoms. The number of hydrogen-bond donors (Lipinski definition) is 2. The second-order valence-corrected chi connectivity index (χ2v) is 3.34. The minimum Gasteiger partial charge on any atom is -0.322 e. The van der Waals surface area contributed by atoms with Crippen molar-refractivity contribution in [2.75, 3.05) is 0 Å². The van der Waals surface area contributed by atoms with Gasteiger partial charge in [-0.2, -0.15) is 5.10 Å². The minimum atomic E-state index is -0.276. The molecule has 15 heavy (non-hydrogen) atoms. The van der Waals surface area contributed by atoms with Gasteiger partial charge in [0, 0.05) is 5.56 Å². The van der Waals surface area contributed by atoms with Crippen molar-refractivity contribution in [2.45, 2.75) is 13.0 Å². The number of nitrogens with one attached hydrogen (secondary N) is 1. The standard InChI is InChI=1S/C10H11FN4/c1-6(12)9-13-10(15-14-9)7-2-4-8(11)5-3-7/h2-6H,12H2,1H3,(H,13,14,15). The van der Waals surface area contributed by atoms with E-state index in [1.54, 1.807) is 12.1 Å². The third-order valence-corrected chi connectivity index (χ3v) is 2.04. The zero-order valence-electron chi connectivity index (χ0n) is 8.24. The van der Waals surface area contributed by atoms with Crippen LogP contribution in [0.3, 0.4) is 0 Å². The first-order chi connectivity index (χ1) is 7.16. The number of H-pyrrole nitrogens is 1. The molecule has 1 aromatic carbocycles. The molecule has 0 saturated carbocycles. The molecule has 2 rings (SSSR count). The lowest BCUT2D eigenvalue weighted by molar-refractivity contribution is 0.628. The lowest BCUT2D eigenvalue weighted by atomic mass is 10.2. The molecule has 0 bridgehead atoms. The van der Waals surface area contributed by atoms with Crippen LogP contribution in [-0.2, 0) is 0 Å². The van der Waals surface area contributed by atoms with E-state index in [1.807, 2.05) is 6.92 Å². The van der Waals surface area contributed by atoms with Crippen LogP contribution in [-0.4, -0.2) is 15.2 Å². The number of nitrogens with zero attached hydrogens (tertiary/aromatic N) is 2. The van der Waals surface area contributed by atoms with Crippen molar-refractivity contribution in [1.29, 1.82) is 0 Å². The van der Waals surface area contributed by atoms with E-state index >= 15 is 0 Å². The van der Waals surface area contributed by atoms with Crippen molar-refractivity contribution in [3.05, 3.63) is 35.9 Å². The Labute approximate surface area is 86.3 Å². The van der Waals surface area contributed by atoms with Gasteiger partial charge in [-0.3, -0.25) is 5.10 Å². The molecule has 0 radical (unpaired) electrons. The Hall–Kier alpha value is -1.75. The van der Waals surface area contributed by atoms with Gasteiger partial charge in [0.25, 0.3) is 0 Å². The van der Waals surface area contributed by atoms with E-state index in [0.717, 1.165) is 5.56 Å². The minimum absolute atomic E-state index is 0.188. The maximum absolute atomic E-state index is 12.7. The average molecular weight is 206 g/mol. The lowest BCUT2D eigenvalue weighted by Crippen LogP contribution is -2.06. The molecule has 0 fully saturated rings. The van der Waals surface area contributed by atoms with Crippen LogP contribution < -0.4 is 5.73 Å². The predicted molar refractivity (Wildman–Crippen MR) is 54.4 cm³/mol. The smallest absolute Gasteiger partial charge is 0.181 e. The molecule has 1 unspecified atom stereocenters. The molecule has 3 N–H and O–H groups in total. The molecule has 0 aliphatic rings. The fourth-order valence-corrected chi connectivity index (χ4v) is 1.21. The number of aromatic amines is 1. The highest BCUT2D eigenvalue weighted by Crippen LogP contribution is 2.16. The first-order valence-corrected chi connectivity index (χ1v) is 4.60. The highest BCUT2D eigenvalue weighted by atomic mass is 19.1. The molecule has 0 spiro atoms. The summed E-state index contributed by atoms with van der Waals surface area (Å²) in [6.07, 6.45) is 0. The average Bonchev–Trinajstić information content (AvgIpc) is 2.68. The van der Waals surface area contributed by atoms with Crippen LogP contribution in [0.15, 0.2) is 24.3 Å². The van der Waals surface area contributed by atoms with Gasteiger partial charge in [0.15, 0.2) is 5.82 Å². The molecule has 1 aromatic heterocycles. The third kappa shape index (κ3) is 2.02. The van der Waals surface area contributed by atoms with E-state index in [9.17, 15) is 4.39 Å². The van der Waals surface area contributed by atoms with Crippen molar-refractivity contribution in [3.8, 4) is 11.4 Å². The largest absolute Gasteiger partial charge is 0.322 e. The second kappa shape index (κ2) is 3.78. The molecule has 0 saturated heterocycles. The third-order valence-electron chi connectivity index (χ3n) is 2.04. The summed E-state index contributed by atoms with van der Waals surface area (Å²) >= 11 is 0. The maximum Gasteiger partial charge on any atom is 0.181 e. The first kappa shape index (κ1) is 9.79. The van der Waals surface area contributed by atoms with Crippen LogP contribution in [0.1, 0.15) is 18.8 Å². The Morgan fingerprint density at radius 1 is 1.33 bits per heavy atom. The van der Waals surface area contributed by atoms with E-state index in [0.29, 0.717) is 11.6 Å². The van der Waals surface area contributed by atoms with E-state index in [2.05, 4.69) is 15.2 Å². The SMILES string of the molecule is CC(N)c1nc(-c2ccc(F)cc2)n[nH]1. The first-order valence-electron chi connectivity index (χ1n) is 4.60. The van der Waals surface area contributed by atoms with Crippen molar-refractivity contribution < 1.29 is 4.39 Å². The molecule has 78 valence electrons. The Bertz CT molecular complexity index is 447. The van der Waals surface area contributed by atoms with Crippen molar-refractivity contribution >= 4 is 0 Å². The van der Waals surface area contributed by atoms with Gasteiger partial charge in [-0.05, 0) is 31.2 Å². The fraction of sp³-hybridized carbons (Fsp3) is 0.200. The summed E-state index contributed by atoms with van der Waals surface area (Å²) in [5.74, 6) is 0.873. The van der Waals surface area contributed by atoms with Crippen LogP contribution >= 0.6 is 0 Å². The summed E-state index contributed by atoms with van der Waals surface area (Å²) in [7, 11) is 0. The molecule has 4 nitrogen and oxygen atoms in total. The summed E-state index contributed by atoms with van der Waals surface area (Å²) in [5.41, 5.74) is 6.40. The monoisotopic (exact) mass is 206 g/mol. The van der Waals surface area contributed by atoms with Gasteiger partial charge in [-0.1, -0.05) is 0 Å². The normalized spacial score (nSPS) is 12.7. The Morgan fingerprint density at radius 3 is 2.53 bits per heavy atom. The quantitative estimate of drug-likeness (QED) is 0.784. The van der Waals surface area contributed by atoms with Gasteiger partial charge >= 0.3 is 0 Å². The highest BCUT2D eigenvalue weighted by molar-refractivity contribution is 5.54. The number of hydrogen-bond acceptors (Lipinski definition) is 3. The van der Waals surface area contributed by atoms with Gasteiger partial charge in [0.1, 0.15) is 11.6 Å². The van der Waals surface area contributed by atoms with Crippen LogP contribution in [0, 0.1) is 5.82 Å². The van der Waals surface area contributed by atoms with Gasteiger partial charge < -0.3 is 5.73 Å². The molecular formula is C10H11FN4. The molecule has 0 amide bonds. The van der Waals surface area contributed by atoms with Crippen LogP contribution in [0.2, 0.25) is 0 Å². The highest BCUT2D eigenvalue weighted by Gasteiger charge is 2.08. The molecule has 1 atom stereocenters. The molecular weight excluding hydrogens is 195 g/mol. The summed E-state index contributed by atoms with van der Waals surface area (Å²) in [4.78, 5) is 4.20. The van der Waals surface area contributed by atoms with Crippen LogP contribution in [0.5, 0.6) is 0 Å². The topological polar surface area (TPSA) is 67.6 Å². The number of aromatic nitrogens is 3. The van der Waals surface area contributed by atoms with E-state index in [4.69, 9.17) is 5.73 Å². The Kier molecular flexibility index (Phi) is 2.47. The van der Waals surface area contributed by atoms with Crippen molar-refractivity contribution in [3.63, 3.8) is 0 Å². The van der Waals surface area contributed by atoms with Gasteiger partial charge in [0.05, 0.1) is 6.04 Å². The summed E-state index contributed by atoms with van der Waals surface area (Å²) in [6.45, 7) is 1.81. The molecule has 2 aromatic rings. The maximum atomic E-state index is 12.7. The number of nitrogens with two attached hydrogens (primary N) is 1. The molecule has 0 aliphatic carbocycles. The van der Waals surface area contributed by atoms with Gasteiger partial charge in [0.2, 0.25) is 0 Å². The molecule has 1 heterocycles. The lowest BCUT2D eigenvalue weighted by Gasteiger charge is -1.96.